The van der Waals surface area contributed by atoms with E-state index >= 15 is 4.39 Å². The number of anilines is 1. The molecule has 0 aliphatic heterocycles. The van der Waals surface area contributed by atoms with Gasteiger partial charge in [0.25, 0.3) is 5.95 Å². The van der Waals surface area contributed by atoms with Crippen molar-refractivity contribution in [3.63, 3.8) is 0 Å². The number of halogens is 1. The van der Waals surface area contributed by atoms with Crippen LogP contribution in [0.3, 0.4) is 0 Å². The van der Waals surface area contributed by atoms with Crippen LogP contribution in [0.1, 0.15) is 29.9 Å². The molecule has 38 heavy (non-hydrogen) atoms. The molecule has 0 radical (unpaired) electrons. The molecule has 0 spiro atoms. The molecule has 0 saturated carbocycles. The molecule has 0 aliphatic rings. The van der Waals surface area contributed by atoms with Crippen molar-refractivity contribution in [2.45, 2.75) is 13.0 Å². The fourth-order valence-electron chi connectivity index (χ4n) is 3.61. The third kappa shape index (κ3) is 5.28. The molecule has 0 bridgehead atoms. The first-order valence-corrected chi connectivity index (χ1v) is 11.0. The van der Waals surface area contributed by atoms with Crippen molar-refractivity contribution in [1.29, 1.82) is 5.41 Å². The molecular formula is C24H23FN8O5. The Morgan fingerprint density at radius 3 is 2.53 bits per heavy atom. The van der Waals surface area contributed by atoms with E-state index in [9.17, 15) is 9.59 Å². The second kappa shape index (κ2) is 10.8. The molecule has 13 nitrogen and oxygen atoms in total. The molecule has 5 N–H and O–H groups in total. The summed E-state index contributed by atoms with van der Waals surface area (Å²) in [5.41, 5.74) is 5.46. The van der Waals surface area contributed by atoms with Crippen LogP contribution in [0.15, 0.2) is 53.6 Å². The van der Waals surface area contributed by atoms with E-state index in [-0.39, 0.29) is 46.0 Å². The number of benzene rings is 2. The molecule has 1 atom stereocenters. The van der Waals surface area contributed by atoms with E-state index in [2.05, 4.69) is 25.4 Å². The van der Waals surface area contributed by atoms with Crippen LogP contribution in [0.25, 0.3) is 5.95 Å². The summed E-state index contributed by atoms with van der Waals surface area (Å²) in [6.07, 6.45) is 2.89. The molecule has 0 saturated heterocycles. The van der Waals surface area contributed by atoms with E-state index < -0.39 is 23.5 Å². The Morgan fingerprint density at radius 1 is 1.16 bits per heavy atom. The monoisotopic (exact) mass is 522 g/mol. The van der Waals surface area contributed by atoms with Crippen LogP contribution in [-0.2, 0) is 4.79 Å². The topological polar surface area (TPSA) is 183 Å². The number of rotatable bonds is 9. The second-order valence-electron chi connectivity index (χ2n) is 7.80. The van der Waals surface area contributed by atoms with Crippen LogP contribution < -0.4 is 31.0 Å². The van der Waals surface area contributed by atoms with Gasteiger partial charge < -0.3 is 25.3 Å². The number of carbonyl (C=O) groups excluding carboxylic acids is 1. The maximum Gasteiger partial charge on any atom is 0.350 e. The summed E-state index contributed by atoms with van der Waals surface area (Å²) in [5.74, 6) is -1.49. The second-order valence-corrected chi connectivity index (χ2v) is 7.80. The highest BCUT2D eigenvalue weighted by atomic mass is 19.1. The normalized spacial score (nSPS) is 11.5. The molecule has 4 aromatic rings. The molecule has 0 amide bonds. The zero-order chi connectivity index (χ0) is 27.4. The zero-order valence-corrected chi connectivity index (χ0v) is 20.5. The van der Waals surface area contributed by atoms with Crippen molar-refractivity contribution in [1.82, 2.24) is 24.7 Å². The number of aromatic nitrogens is 5. The highest BCUT2D eigenvalue weighted by Crippen LogP contribution is 2.35. The number of nitrogens with zero attached hydrogens (tertiary/aromatic N) is 4. The average molecular weight is 522 g/mol. The van der Waals surface area contributed by atoms with Gasteiger partial charge in [-0.3, -0.25) is 15.2 Å². The van der Waals surface area contributed by atoms with Gasteiger partial charge in [0.05, 0.1) is 19.8 Å². The van der Waals surface area contributed by atoms with Crippen LogP contribution in [0.4, 0.5) is 10.1 Å². The Kier molecular flexibility index (Phi) is 7.32. The van der Waals surface area contributed by atoms with E-state index in [0.29, 0.717) is 5.69 Å². The minimum atomic E-state index is -1.12. The number of esters is 1. The summed E-state index contributed by atoms with van der Waals surface area (Å²) in [7, 11) is 2.72. The number of methoxy groups -OCH3 is 2. The van der Waals surface area contributed by atoms with Crippen LogP contribution >= 0.6 is 0 Å². The lowest BCUT2D eigenvalue weighted by Gasteiger charge is -2.21. The number of ether oxygens (including phenoxy) is 3. The minimum absolute atomic E-state index is 0.00124. The molecule has 2 aromatic carbocycles. The predicted octanol–water partition coefficient (Wildman–Crippen LogP) is 1.92. The van der Waals surface area contributed by atoms with E-state index in [4.69, 9.17) is 25.4 Å². The first-order chi connectivity index (χ1) is 18.2. The van der Waals surface area contributed by atoms with E-state index in [0.717, 1.165) is 4.68 Å². The predicted molar refractivity (Wildman–Crippen MR) is 134 cm³/mol. The third-order valence-corrected chi connectivity index (χ3v) is 5.29. The van der Waals surface area contributed by atoms with E-state index in [1.165, 1.54) is 57.8 Å². The molecular weight excluding hydrogens is 499 g/mol. The number of nitrogens with two attached hydrogens (primary N) is 1. The summed E-state index contributed by atoms with van der Waals surface area (Å²) in [6.45, 7) is 1.20. The van der Waals surface area contributed by atoms with Crippen molar-refractivity contribution in [2.24, 2.45) is 5.73 Å². The van der Waals surface area contributed by atoms with Crippen LogP contribution in [0, 0.1) is 11.2 Å². The van der Waals surface area contributed by atoms with Crippen LogP contribution in [0.5, 0.6) is 17.2 Å². The largest absolute Gasteiger partial charge is 0.497 e. The molecule has 14 heteroatoms. The van der Waals surface area contributed by atoms with Gasteiger partial charge >= 0.3 is 11.7 Å². The maximum absolute atomic E-state index is 15.6. The van der Waals surface area contributed by atoms with Gasteiger partial charge in [-0.25, -0.2) is 19.2 Å². The Hall–Kier alpha value is -5.27. The van der Waals surface area contributed by atoms with Gasteiger partial charge in [-0.2, -0.15) is 0 Å². The van der Waals surface area contributed by atoms with Crippen molar-refractivity contribution >= 4 is 17.5 Å². The van der Waals surface area contributed by atoms with Gasteiger partial charge in [-0.1, -0.05) is 0 Å². The summed E-state index contributed by atoms with van der Waals surface area (Å²) in [6, 6.07) is 7.66. The number of hydrogen-bond acceptors (Lipinski definition) is 10. The Bertz CT molecular complexity index is 1550. The van der Waals surface area contributed by atoms with Gasteiger partial charge in [-0.05, 0) is 24.3 Å². The molecule has 196 valence electrons. The van der Waals surface area contributed by atoms with Crippen molar-refractivity contribution in [2.75, 3.05) is 19.5 Å². The Balaban J connectivity index is 1.88. The summed E-state index contributed by atoms with van der Waals surface area (Å²) in [4.78, 5) is 35.1. The highest BCUT2D eigenvalue weighted by molar-refractivity contribution is 5.98. The van der Waals surface area contributed by atoms with Crippen molar-refractivity contribution in [3.8, 4) is 23.2 Å². The van der Waals surface area contributed by atoms with Gasteiger partial charge in [0.2, 0.25) is 0 Å². The summed E-state index contributed by atoms with van der Waals surface area (Å²) in [5, 5.41) is 15.1. The number of hydrogen-bond donors (Lipinski definition) is 4. The fourth-order valence-corrected chi connectivity index (χ4v) is 3.61. The van der Waals surface area contributed by atoms with Crippen molar-refractivity contribution in [3.05, 3.63) is 82.0 Å². The third-order valence-electron chi connectivity index (χ3n) is 5.29. The number of H-pyrrole nitrogens is 1. The Labute approximate surface area is 214 Å². The number of amidine groups is 1. The first-order valence-electron chi connectivity index (χ1n) is 11.0. The van der Waals surface area contributed by atoms with Crippen LogP contribution in [0.2, 0.25) is 0 Å². The summed E-state index contributed by atoms with van der Waals surface area (Å²) >= 11 is 0. The van der Waals surface area contributed by atoms with Gasteiger partial charge in [0.15, 0.2) is 17.4 Å². The quantitative estimate of drug-likeness (QED) is 0.110. The lowest BCUT2D eigenvalue weighted by molar-refractivity contribution is -0.131. The lowest BCUT2D eigenvalue weighted by atomic mass is 10.0. The summed E-state index contributed by atoms with van der Waals surface area (Å²) < 4.78 is 32.2. The standard InChI is InChI=1S/C24H23FN8O5/c1-12(34)38-17-9-13(5-6-15(17)21(26)27)30-20(16-10-14(36-2)11-18(37-3)19(16)25)22-31-24(35)33(32-22)23-28-7-4-8-29-23/h4-11,20,30H,1-3H3,(H3,26,27)(H,31,32,35)/t20-/m0/s1. The number of carbonyl (C=O) groups is 1. The highest BCUT2D eigenvalue weighted by Gasteiger charge is 2.27. The molecule has 2 aromatic heterocycles. The maximum atomic E-state index is 15.6. The van der Waals surface area contributed by atoms with Crippen molar-refractivity contribution < 1.29 is 23.4 Å². The van der Waals surface area contributed by atoms with Gasteiger partial charge in [-0.15, -0.1) is 9.78 Å². The average Bonchev–Trinajstić information content (AvgIpc) is 3.29. The SMILES string of the molecule is COc1cc(OC)c(F)c([C@H](Nc2ccc(C(=N)N)c(OC(C)=O)c2)c2nn(-c3ncccn3)c(=O)[nH]2)c1. The minimum Gasteiger partial charge on any atom is -0.497 e. The fraction of sp³-hybridized carbons (Fsp3) is 0.167. The Morgan fingerprint density at radius 2 is 1.89 bits per heavy atom. The first kappa shape index (κ1) is 25.8. The molecule has 4 rings (SSSR count). The molecule has 0 unspecified atom stereocenters. The van der Waals surface area contributed by atoms with E-state index in [1.54, 1.807) is 12.1 Å². The molecule has 2 heterocycles. The van der Waals surface area contributed by atoms with Gasteiger partial charge in [0, 0.05) is 42.7 Å². The number of nitrogen functional groups attached to an aromatic ring is 1. The van der Waals surface area contributed by atoms with E-state index in [1.807, 2.05) is 0 Å². The molecule has 0 fully saturated rings. The smallest absolute Gasteiger partial charge is 0.350 e. The lowest BCUT2D eigenvalue weighted by Crippen LogP contribution is -2.18. The van der Waals surface area contributed by atoms with Crippen LogP contribution in [-0.4, -0.2) is 50.8 Å². The number of nitrogens with one attached hydrogen (secondary N) is 3. The van der Waals surface area contributed by atoms with Gasteiger partial charge in [0.1, 0.15) is 23.4 Å². The number of aromatic amines is 1. The molecule has 0 aliphatic carbocycles. The zero-order valence-electron chi connectivity index (χ0n) is 20.5.